The highest BCUT2D eigenvalue weighted by molar-refractivity contribution is 5.72. The Labute approximate surface area is 184 Å². The molecule has 0 aliphatic rings. The fourth-order valence-electron chi connectivity index (χ4n) is 2.94. The first-order valence-corrected chi connectivity index (χ1v) is 9.59. The maximum Gasteiger partial charge on any atom is 0.167 e. The van der Waals surface area contributed by atoms with Gasteiger partial charge in [-0.15, -0.1) is 0 Å². The second-order valence-electron chi connectivity index (χ2n) is 6.93. The largest absolute Gasteiger partial charge is 0.508 e. The standard InChI is InChI=1S/C26H21F3O3/c1-16(14-24(27)17(2)31-3)15-32-21-10-6-19(7-11-21)23-13-12-22(25(28)26(23)29)18-4-8-20(30)9-5-18/h4-14,30H,1-2,15H2,3H3/b24-14+. The van der Waals surface area contributed by atoms with Crippen LogP contribution in [0, 0.1) is 11.6 Å². The van der Waals surface area contributed by atoms with Gasteiger partial charge in [-0.2, -0.15) is 0 Å². The molecule has 0 aliphatic heterocycles. The van der Waals surface area contributed by atoms with E-state index in [1.54, 1.807) is 24.3 Å². The molecule has 0 bridgehead atoms. The van der Waals surface area contributed by atoms with Gasteiger partial charge in [-0.25, -0.2) is 13.2 Å². The first kappa shape index (κ1) is 22.7. The molecule has 32 heavy (non-hydrogen) atoms. The Morgan fingerprint density at radius 2 is 1.38 bits per heavy atom. The topological polar surface area (TPSA) is 38.7 Å². The first-order chi connectivity index (χ1) is 15.3. The van der Waals surface area contributed by atoms with E-state index in [1.807, 2.05) is 0 Å². The van der Waals surface area contributed by atoms with Crippen LogP contribution in [0.25, 0.3) is 22.3 Å². The smallest absolute Gasteiger partial charge is 0.167 e. The predicted molar refractivity (Wildman–Crippen MR) is 119 cm³/mol. The van der Waals surface area contributed by atoms with Crippen LogP contribution in [0.3, 0.4) is 0 Å². The van der Waals surface area contributed by atoms with Gasteiger partial charge in [0, 0.05) is 11.1 Å². The molecule has 0 spiro atoms. The van der Waals surface area contributed by atoms with Gasteiger partial charge in [0.1, 0.15) is 23.9 Å². The summed E-state index contributed by atoms with van der Waals surface area (Å²) in [7, 11) is 1.31. The number of ether oxygens (including phenoxy) is 2. The third-order valence-electron chi connectivity index (χ3n) is 4.69. The highest BCUT2D eigenvalue weighted by Crippen LogP contribution is 2.32. The minimum Gasteiger partial charge on any atom is -0.508 e. The molecule has 0 fully saturated rings. The molecular formula is C26H21F3O3. The van der Waals surface area contributed by atoms with Gasteiger partial charge in [0.25, 0.3) is 0 Å². The van der Waals surface area contributed by atoms with Gasteiger partial charge in [0.2, 0.25) is 0 Å². The van der Waals surface area contributed by atoms with Crippen LogP contribution >= 0.6 is 0 Å². The lowest BCUT2D eigenvalue weighted by Crippen LogP contribution is -1.99. The maximum atomic E-state index is 14.8. The second-order valence-corrected chi connectivity index (χ2v) is 6.93. The molecule has 0 aliphatic carbocycles. The summed E-state index contributed by atoms with van der Waals surface area (Å²) in [5.74, 6) is -2.21. The summed E-state index contributed by atoms with van der Waals surface area (Å²) in [5.41, 5.74) is 1.48. The Morgan fingerprint density at radius 3 is 1.88 bits per heavy atom. The molecule has 6 heteroatoms. The minimum atomic E-state index is -0.976. The molecule has 0 aromatic heterocycles. The molecule has 164 valence electrons. The molecule has 0 atom stereocenters. The van der Waals surface area contributed by atoms with E-state index in [1.165, 1.54) is 43.5 Å². The molecule has 0 heterocycles. The Bertz CT molecular complexity index is 1160. The highest BCUT2D eigenvalue weighted by atomic mass is 19.2. The van der Waals surface area contributed by atoms with Crippen molar-refractivity contribution < 1.29 is 27.8 Å². The third kappa shape index (κ3) is 5.21. The molecular weight excluding hydrogens is 417 g/mol. The number of methoxy groups -OCH3 is 1. The molecule has 0 unspecified atom stereocenters. The first-order valence-electron chi connectivity index (χ1n) is 9.59. The number of phenols is 1. The molecule has 3 nitrogen and oxygen atoms in total. The Balaban J connectivity index is 1.73. The fourth-order valence-corrected chi connectivity index (χ4v) is 2.94. The number of hydrogen-bond donors (Lipinski definition) is 1. The van der Waals surface area contributed by atoms with E-state index in [0.29, 0.717) is 22.4 Å². The van der Waals surface area contributed by atoms with Crippen molar-refractivity contribution in [3.05, 3.63) is 109 Å². The number of halogens is 3. The zero-order chi connectivity index (χ0) is 23.3. The molecule has 1 N–H and O–H groups in total. The maximum absolute atomic E-state index is 14.8. The van der Waals surface area contributed by atoms with Gasteiger partial charge in [0.15, 0.2) is 17.5 Å². The third-order valence-corrected chi connectivity index (χ3v) is 4.69. The van der Waals surface area contributed by atoms with Crippen molar-refractivity contribution in [3.8, 4) is 33.8 Å². The second kappa shape index (κ2) is 9.92. The van der Waals surface area contributed by atoms with Crippen LogP contribution in [-0.4, -0.2) is 18.8 Å². The van der Waals surface area contributed by atoms with Crippen molar-refractivity contribution in [1.29, 1.82) is 0 Å². The molecule has 0 radical (unpaired) electrons. The quantitative estimate of drug-likeness (QED) is 0.305. The van der Waals surface area contributed by atoms with Crippen LogP contribution < -0.4 is 4.74 Å². The lowest BCUT2D eigenvalue weighted by atomic mass is 9.98. The SMILES string of the molecule is C=C(/C=C(/F)C(=C)OC)COc1ccc(-c2ccc(-c3ccc(O)cc3)c(F)c2F)cc1. The van der Waals surface area contributed by atoms with E-state index >= 15 is 0 Å². The van der Waals surface area contributed by atoms with Gasteiger partial charge in [-0.1, -0.05) is 49.6 Å². The van der Waals surface area contributed by atoms with Crippen LogP contribution in [-0.2, 0) is 4.74 Å². The summed E-state index contributed by atoms with van der Waals surface area (Å²) >= 11 is 0. The van der Waals surface area contributed by atoms with Crippen molar-refractivity contribution in [1.82, 2.24) is 0 Å². The number of hydrogen-bond acceptors (Lipinski definition) is 3. The predicted octanol–water partition coefficient (Wildman–Crippen LogP) is 6.95. The Morgan fingerprint density at radius 1 is 0.875 bits per heavy atom. The minimum absolute atomic E-state index is 0.0219. The number of aromatic hydroxyl groups is 1. The Hall–Kier alpha value is -3.93. The molecule has 3 aromatic rings. The normalized spacial score (nSPS) is 11.2. The van der Waals surface area contributed by atoms with Crippen LogP contribution in [0.15, 0.2) is 97.1 Å². The molecule has 3 rings (SSSR count). The molecule has 0 amide bonds. The summed E-state index contributed by atoms with van der Waals surface area (Å²) in [6.07, 6.45) is 1.16. The van der Waals surface area contributed by atoms with Gasteiger partial charge in [-0.05, 0) is 47.0 Å². The fraction of sp³-hybridized carbons (Fsp3) is 0.0769. The van der Waals surface area contributed by atoms with Crippen LogP contribution in [0.5, 0.6) is 11.5 Å². The molecule has 0 saturated carbocycles. The van der Waals surface area contributed by atoms with Gasteiger partial charge >= 0.3 is 0 Å². The highest BCUT2D eigenvalue weighted by Gasteiger charge is 2.16. The van der Waals surface area contributed by atoms with E-state index < -0.39 is 17.5 Å². The zero-order valence-electron chi connectivity index (χ0n) is 17.4. The van der Waals surface area contributed by atoms with Crippen LogP contribution in [0.4, 0.5) is 13.2 Å². The number of rotatable bonds is 8. The van der Waals surface area contributed by atoms with Crippen molar-refractivity contribution in [2.24, 2.45) is 0 Å². The Kier molecular flexibility index (Phi) is 7.05. The van der Waals surface area contributed by atoms with E-state index in [0.717, 1.165) is 6.08 Å². The van der Waals surface area contributed by atoms with Crippen molar-refractivity contribution in [2.75, 3.05) is 13.7 Å². The van der Waals surface area contributed by atoms with Gasteiger partial charge in [0.05, 0.1) is 7.11 Å². The number of benzene rings is 3. The van der Waals surface area contributed by atoms with Crippen LogP contribution in [0.2, 0.25) is 0 Å². The van der Waals surface area contributed by atoms with Crippen molar-refractivity contribution >= 4 is 0 Å². The molecule has 3 aromatic carbocycles. The summed E-state index contributed by atoms with van der Waals surface area (Å²) < 4.78 is 53.4. The van der Waals surface area contributed by atoms with E-state index in [4.69, 9.17) is 9.47 Å². The molecule has 0 saturated heterocycles. The van der Waals surface area contributed by atoms with E-state index in [9.17, 15) is 18.3 Å². The van der Waals surface area contributed by atoms with Crippen molar-refractivity contribution in [2.45, 2.75) is 0 Å². The summed E-state index contributed by atoms with van der Waals surface area (Å²) in [6, 6.07) is 15.2. The zero-order valence-corrected chi connectivity index (χ0v) is 17.4. The van der Waals surface area contributed by atoms with Gasteiger partial charge in [-0.3, -0.25) is 0 Å². The lowest BCUT2D eigenvalue weighted by molar-refractivity contribution is 0.285. The number of allylic oxidation sites excluding steroid dienone is 1. The summed E-state index contributed by atoms with van der Waals surface area (Å²) in [6.45, 7) is 7.14. The lowest BCUT2D eigenvalue weighted by Gasteiger charge is -2.11. The average Bonchev–Trinajstić information content (AvgIpc) is 2.80. The number of phenolic OH excluding ortho intramolecular Hbond substituents is 1. The van der Waals surface area contributed by atoms with Gasteiger partial charge < -0.3 is 14.6 Å². The monoisotopic (exact) mass is 438 g/mol. The average molecular weight is 438 g/mol. The van der Waals surface area contributed by atoms with Crippen LogP contribution in [0.1, 0.15) is 0 Å². The summed E-state index contributed by atoms with van der Waals surface area (Å²) in [4.78, 5) is 0. The summed E-state index contributed by atoms with van der Waals surface area (Å²) in [5, 5.41) is 9.37. The van der Waals surface area contributed by atoms with E-state index in [2.05, 4.69) is 13.2 Å². The van der Waals surface area contributed by atoms with E-state index in [-0.39, 0.29) is 29.2 Å². The van der Waals surface area contributed by atoms with Crippen molar-refractivity contribution in [3.63, 3.8) is 0 Å².